The summed E-state index contributed by atoms with van der Waals surface area (Å²) in [7, 11) is 0. The number of carbonyl (C=O) groups is 2. The van der Waals surface area contributed by atoms with Gasteiger partial charge in [0.15, 0.2) is 5.78 Å². The fraction of sp³-hybridized carbons (Fsp3) is 0.500. The molecule has 0 aromatic rings. The fourth-order valence-corrected chi connectivity index (χ4v) is 2.03. The minimum Gasteiger partial charge on any atom is -0.343 e. The number of amides is 1. The van der Waals surface area contributed by atoms with E-state index < -0.39 is 0 Å². The smallest absolute Gasteiger partial charge is 0.280 e. The first-order chi connectivity index (χ1) is 5.65. The summed E-state index contributed by atoms with van der Waals surface area (Å²) in [5.41, 5.74) is 0. The molecule has 66 valence electrons. The average Bonchev–Trinajstić information content (AvgIpc) is 2.30. The Morgan fingerprint density at radius 2 is 2.33 bits per heavy atom. The van der Waals surface area contributed by atoms with Crippen LogP contribution in [0.25, 0.3) is 0 Å². The number of allylic oxidation sites excluding steroid dienone is 2. The summed E-state index contributed by atoms with van der Waals surface area (Å²) in [6.45, 7) is 3.63. The first-order valence-corrected chi connectivity index (χ1v) is 4.67. The summed E-state index contributed by atoms with van der Waals surface area (Å²) in [6.07, 6.45) is 3.20. The van der Waals surface area contributed by atoms with E-state index in [2.05, 4.69) is 5.32 Å². The molecule has 2 atom stereocenters. The van der Waals surface area contributed by atoms with Gasteiger partial charge >= 0.3 is 0 Å². The van der Waals surface area contributed by atoms with Crippen molar-refractivity contribution in [3.63, 3.8) is 0 Å². The molecule has 1 heterocycles. The fourth-order valence-electron chi connectivity index (χ4n) is 1.08. The molecule has 0 saturated carbocycles. The molecule has 1 N–H and O–H groups in total. The van der Waals surface area contributed by atoms with Gasteiger partial charge in [0, 0.05) is 6.04 Å². The molecule has 0 aromatic heterocycles. The first-order valence-electron chi connectivity index (χ1n) is 3.79. The van der Waals surface area contributed by atoms with Crippen LogP contribution in [0.4, 0.5) is 4.79 Å². The summed E-state index contributed by atoms with van der Waals surface area (Å²) in [5, 5.41) is 2.33. The molecule has 1 aliphatic rings. The van der Waals surface area contributed by atoms with Crippen LogP contribution in [0.1, 0.15) is 13.8 Å². The Kier molecular flexibility index (Phi) is 2.92. The second kappa shape index (κ2) is 3.76. The van der Waals surface area contributed by atoms with E-state index in [4.69, 9.17) is 0 Å². The van der Waals surface area contributed by atoms with Crippen molar-refractivity contribution in [1.82, 2.24) is 5.32 Å². The van der Waals surface area contributed by atoms with Crippen LogP contribution >= 0.6 is 11.8 Å². The summed E-state index contributed by atoms with van der Waals surface area (Å²) in [4.78, 5) is 22.1. The van der Waals surface area contributed by atoms with E-state index in [1.54, 1.807) is 13.0 Å². The van der Waals surface area contributed by atoms with Gasteiger partial charge in [-0.1, -0.05) is 17.8 Å². The molecule has 1 aliphatic heterocycles. The van der Waals surface area contributed by atoms with Crippen molar-refractivity contribution >= 4 is 22.8 Å². The maximum Gasteiger partial charge on any atom is 0.280 e. The number of thioether (sulfide) groups is 1. The number of carbonyl (C=O) groups excluding carboxylic acids is 2. The van der Waals surface area contributed by atoms with Gasteiger partial charge in [-0.25, -0.2) is 0 Å². The molecule has 0 radical (unpaired) electrons. The minimum atomic E-state index is -0.242. The molecular weight excluding hydrogens is 174 g/mol. The Hall–Kier alpha value is -0.770. The lowest BCUT2D eigenvalue weighted by Crippen LogP contribution is -2.31. The largest absolute Gasteiger partial charge is 0.343 e. The van der Waals surface area contributed by atoms with Crippen molar-refractivity contribution < 1.29 is 9.59 Å². The molecule has 0 bridgehead atoms. The van der Waals surface area contributed by atoms with Crippen molar-refractivity contribution in [2.45, 2.75) is 25.1 Å². The van der Waals surface area contributed by atoms with Gasteiger partial charge in [-0.05, 0) is 19.9 Å². The zero-order chi connectivity index (χ0) is 9.14. The van der Waals surface area contributed by atoms with Crippen LogP contribution < -0.4 is 5.32 Å². The summed E-state index contributed by atoms with van der Waals surface area (Å²) in [5.74, 6) is 0.00773. The second-order valence-electron chi connectivity index (χ2n) is 2.66. The summed E-state index contributed by atoms with van der Waals surface area (Å²) < 4.78 is 0. The number of nitrogens with one attached hydrogen (secondary N) is 1. The molecule has 1 rings (SSSR count). The molecule has 3 nitrogen and oxygen atoms in total. The van der Waals surface area contributed by atoms with E-state index in [0.29, 0.717) is 0 Å². The predicted octanol–water partition coefficient (Wildman–Crippen LogP) is 1.35. The third-order valence-electron chi connectivity index (χ3n) is 1.65. The normalized spacial score (nSPS) is 29.3. The van der Waals surface area contributed by atoms with Gasteiger partial charge in [-0.2, -0.15) is 0 Å². The number of rotatable bonds is 2. The summed E-state index contributed by atoms with van der Waals surface area (Å²) in [6, 6.07) is -0.0498. The highest BCUT2D eigenvalue weighted by molar-refractivity contribution is 8.15. The molecule has 12 heavy (non-hydrogen) atoms. The van der Waals surface area contributed by atoms with Crippen molar-refractivity contribution in [2.24, 2.45) is 0 Å². The molecule has 1 saturated heterocycles. The van der Waals surface area contributed by atoms with Gasteiger partial charge in [0.05, 0.1) is 5.25 Å². The number of hydrogen-bond donors (Lipinski definition) is 1. The molecule has 0 aliphatic carbocycles. The van der Waals surface area contributed by atoms with Crippen LogP contribution in [0.2, 0.25) is 0 Å². The zero-order valence-electron chi connectivity index (χ0n) is 7.03. The minimum absolute atomic E-state index is 0.00773. The Morgan fingerprint density at radius 3 is 2.75 bits per heavy atom. The highest BCUT2D eigenvalue weighted by Gasteiger charge is 2.33. The van der Waals surface area contributed by atoms with E-state index in [1.165, 1.54) is 6.08 Å². The lowest BCUT2D eigenvalue weighted by molar-refractivity contribution is -0.114. The zero-order valence-corrected chi connectivity index (χ0v) is 7.85. The van der Waals surface area contributed by atoms with Crippen LogP contribution in [-0.2, 0) is 4.79 Å². The van der Waals surface area contributed by atoms with E-state index in [1.807, 2.05) is 6.92 Å². The van der Waals surface area contributed by atoms with Crippen molar-refractivity contribution in [2.75, 3.05) is 0 Å². The number of hydrogen-bond acceptors (Lipinski definition) is 3. The maximum atomic E-state index is 11.3. The Labute approximate surface area is 75.6 Å². The van der Waals surface area contributed by atoms with Gasteiger partial charge in [0.25, 0.3) is 5.24 Å². The molecular formula is C8H11NO2S. The SMILES string of the molecule is CC=CC(=O)C1SC(=O)NC1C. The van der Waals surface area contributed by atoms with Gasteiger partial charge in [-0.15, -0.1) is 0 Å². The molecule has 1 amide bonds. The van der Waals surface area contributed by atoms with Crippen molar-refractivity contribution in [1.29, 1.82) is 0 Å². The average molecular weight is 185 g/mol. The molecule has 0 aromatic carbocycles. The maximum absolute atomic E-state index is 11.3. The Bertz CT molecular complexity index is 237. The van der Waals surface area contributed by atoms with E-state index in [9.17, 15) is 9.59 Å². The van der Waals surface area contributed by atoms with Gasteiger partial charge < -0.3 is 5.32 Å². The third-order valence-corrected chi connectivity index (χ3v) is 2.87. The first kappa shape index (κ1) is 9.32. The highest BCUT2D eigenvalue weighted by atomic mass is 32.2. The van der Waals surface area contributed by atoms with Crippen molar-refractivity contribution in [3.05, 3.63) is 12.2 Å². The lowest BCUT2D eigenvalue weighted by Gasteiger charge is -2.07. The highest BCUT2D eigenvalue weighted by Crippen LogP contribution is 2.23. The van der Waals surface area contributed by atoms with Crippen LogP contribution in [0.3, 0.4) is 0 Å². The van der Waals surface area contributed by atoms with Crippen LogP contribution in [0, 0.1) is 0 Å². The van der Waals surface area contributed by atoms with E-state index >= 15 is 0 Å². The van der Waals surface area contributed by atoms with Crippen molar-refractivity contribution in [3.8, 4) is 0 Å². The molecule has 2 unspecified atom stereocenters. The molecule has 0 spiro atoms. The van der Waals surface area contributed by atoms with Crippen LogP contribution in [0.5, 0.6) is 0 Å². The monoisotopic (exact) mass is 185 g/mol. The van der Waals surface area contributed by atoms with Crippen LogP contribution in [-0.4, -0.2) is 22.3 Å². The predicted molar refractivity (Wildman–Crippen MR) is 49.2 cm³/mol. The summed E-state index contributed by atoms with van der Waals surface area (Å²) >= 11 is 1.07. The third kappa shape index (κ3) is 1.88. The van der Waals surface area contributed by atoms with Crippen LogP contribution in [0.15, 0.2) is 12.2 Å². The Balaban J connectivity index is 2.64. The number of ketones is 1. The molecule has 1 fully saturated rings. The van der Waals surface area contributed by atoms with E-state index in [-0.39, 0.29) is 22.3 Å². The van der Waals surface area contributed by atoms with Gasteiger partial charge in [0.1, 0.15) is 0 Å². The quantitative estimate of drug-likeness (QED) is 0.660. The van der Waals surface area contributed by atoms with E-state index in [0.717, 1.165) is 11.8 Å². The molecule has 4 heteroatoms. The lowest BCUT2D eigenvalue weighted by atomic mass is 10.1. The Morgan fingerprint density at radius 1 is 1.67 bits per heavy atom. The van der Waals surface area contributed by atoms with Gasteiger partial charge in [-0.3, -0.25) is 9.59 Å². The topological polar surface area (TPSA) is 46.2 Å². The standard InChI is InChI=1S/C8H11NO2S/c1-3-4-6(10)7-5(2)9-8(11)12-7/h3-5,7H,1-2H3,(H,9,11). The second-order valence-corrected chi connectivity index (χ2v) is 3.78. The van der Waals surface area contributed by atoms with Gasteiger partial charge in [0.2, 0.25) is 0 Å².